The first-order valence-electron chi connectivity index (χ1n) is 5.53. The quantitative estimate of drug-likeness (QED) is 0.848. The van der Waals surface area contributed by atoms with Crippen molar-refractivity contribution in [3.05, 3.63) is 35.9 Å². The highest BCUT2D eigenvalue weighted by Crippen LogP contribution is 2.41. The fourth-order valence-electron chi connectivity index (χ4n) is 1.71. The Morgan fingerprint density at radius 2 is 1.82 bits per heavy atom. The Morgan fingerprint density at radius 3 is 2.24 bits per heavy atom. The van der Waals surface area contributed by atoms with E-state index in [9.17, 15) is 13.5 Å². The lowest BCUT2D eigenvalue weighted by molar-refractivity contribution is 0.160. The first-order valence-corrected chi connectivity index (χ1v) is 7.97. The molecule has 5 heteroatoms. The summed E-state index contributed by atoms with van der Waals surface area (Å²) in [6, 6.07) is 8.83. The summed E-state index contributed by atoms with van der Waals surface area (Å²) in [4.78, 5) is 0. The first kappa shape index (κ1) is 14.7. The predicted octanol–water partition coefficient (Wildman–Crippen LogP) is 2.66. The molecule has 3 nitrogen and oxygen atoms in total. The van der Waals surface area contributed by atoms with Gasteiger partial charge in [-0.1, -0.05) is 60.1 Å². The van der Waals surface area contributed by atoms with E-state index in [-0.39, 0.29) is 5.75 Å². The Bertz CT molecular complexity index is 458. The summed E-state index contributed by atoms with van der Waals surface area (Å²) in [6.45, 7) is 3.33. The minimum atomic E-state index is -3.39. The highest BCUT2D eigenvalue weighted by Gasteiger charge is 2.45. The van der Waals surface area contributed by atoms with Crippen LogP contribution in [0.1, 0.15) is 31.9 Å². The number of rotatable bonds is 5. The second-order valence-corrected chi connectivity index (χ2v) is 8.33. The second-order valence-electron chi connectivity index (χ2n) is 3.86. The molecule has 0 heterocycles. The van der Waals surface area contributed by atoms with Crippen LogP contribution in [0, 0.1) is 0 Å². The molecule has 0 aromatic heterocycles. The van der Waals surface area contributed by atoms with Gasteiger partial charge < -0.3 is 5.11 Å². The van der Waals surface area contributed by atoms with Crippen molar-refractivity contribution in [2.24, 2.45) is 0 Å². The lowest BCUT2D eigenvalue weighted by Gasteiger charge is -2.31. The van der Waals surface area contributed by atoms with Crippen molar-refractivity contribution >= 4 is 25.8 Å². The maximum atomic E-state index is 12.1. The summed E-state index contributed by atoms with van der Waals surface area (Å²) in [6.07, 6.45) is -0.766. The molecular formula is C12H17BrO3S. The fraction of sp³-hybridized carbons (Fsp3) is 0.500. The SMILES string of the molecule is CCC(Br)(C(O)c1ccccc1)S(=O)(=O)CC. The van der Waals surface area contributed by atoms with Crippen molar-refractivity contribution in [3.8, 4) is 0 Å². The van der Waals surface area contributed by atoms with E-state index in [1.54, 1.807) is 38.1 Å². The topological polar surface area (TPSA) is 54.4 Å². The molecule has 1 rings (SSSR count). The van der Waals surface area contributed by atoms with Crippen LogP contribution in [-0.2, 0) is 9.84 Å². The van der Waals surface area contributed by atoms with E-state index >= 15 is 0 Å². The Hall–Kier alpha value is -0.390. The molecule has 2 unspecified atom stereocenters. The smallest absolute Gasteiger partial charge is 0.168 e. The van der Waals surface area contributed by atoms with Crippen molar-refractivity contribution in [1.82, 2.24) is 0 Å². The molecule has 0 spiro atoms. The molecular weight excluding hydrogens is 304 g/mol. The number of sulfone groups is 1. The normalized spacial score (nSPS) is 17.4. The molecule has 0 radical (unpaired) electrons. The molecule has 0 amide bonds. The van der Waals surface area contributed by atoms with Gasteiger partial charge in [-0.3, -0.25) is 0 Å². The third-order valence-electron chi connectivity index (χ3n) is 2.90. The first-order chi connectivity index (χ1) is 7.89. The molecule has 0 saturated carbocycles. The van der Waals surface area contributed by atoms with Gasteiger partial charge in [-0.05, 0) is 12.0 Å². The third-order valence-corrected chi connectivity index (χ3v) is 7.68. The number of hydrogen-bond acceptors (Lipinski definition) is 3. The molecule has 17 heavy (non-hydrogen) atoms. The van der Waals surface area contributed by atoms with Gasteiger partial charge in [0, 0.05) is 5.75 Å². The number of benzene rings is 1. The summed E-state index contributed by atoms with van der Waals surface area (Å²) in [7, 11) is -3.39. The molecule has 1 aromatic rings. The maximum Gasteiger partial charge on any atom is 0.168 e. The molecule has 1 N–H and O–H groups in total. The van der Waals surface area contributed by atoms with E-state index in [0.29, 0.717) is 12.0 Å². The van der Waals surface area contributed by atoms with E-state index in [1.807, 2.05) is 6.07 Å². The summed E-state index contributed by atoms with van der Waals surface area (Å²) in [5, 5.41) is 10.3. The van der Waals surface area contributed by atoms with Crippen LogP contribution in [0.2, 0.25) is 0 Å². The van der Waals surface area contributed by atoms with Gasteiger partial charge in [-0.15, -0.1) is 0 Å². The molecule has 1 aromatic carbocycles. The van der Waals surface area contributed by atoms with Crippen molar-refractivity contribution in [2.45, 2.75) is 30.0 Å². The van der Waals surface area contributed by atoms with Crippen molar-refractivity contribution < 1.29 is 13.5 Å². The Balaban J connectivity index is 3.20. The van der Waals surface area contributed by atoms with E-state index in [1.165, 1.54) is 0 Å². The predicted molar refractivity (Wildman–Crippen MR) is 72.8 cm³/mol. The number of halogens is 1. The molecule has 0 aliphatic rings. The van der Waals surface area contributed by atoms with E-state index < -0.39 is 19.6 Å². The number of hydrogen-bond donors (Lipinski definition) is 1. The summed E-state index contributed by atoms with van der Waals surface area (Å²) in [5.41, 5.74) is 0.600. The molecule has 0 aliphatic carbocycles. The summed E-state index contributed by atoms with van der Waals surface area (Å²) >= 11 is 3.23. The van der Waals surface area contributed by atoms with Gasteiger partial charge in [0.25, 0.3) is 0 Å². The highest BCUT2D eigenvalue weighted by atomic mass is 79.9. The third kappa shape index (κ3) is 2.72. The number of alkyl halides is 1. The van der Waals surface area contributed by atoms with Gasteiger partial charge in [0.05, 0.1) is 0 Å². The average Bonchev–Trinajstić information content (AvgIpc) is 2.37. The highest BCUT2D eigenvalue weighted by molar-refractivity contribution is 9.11. The van der Waals surface area contributed by atoms with E-state index in [2.05, 4.69) is 15.9 Å². The molecule has 0 saturated heterocycles. The number of aliphatic hydroxyl groups excluding tert-OH is 1. The van der Waals surface area contributed by atoms with E-state index in [0.717, 1.165) is 0 Å². The van der Waals surface area contributed by atoms with Gasteiger partial charge in [0.15, 0.2) is 13.5 Å². The molecule has 96 valence electrons. The van der Waals surface area contributed by atoms with Gasteiger partial charge >= 0.3 is 0 Å². The van der Waals surface area contributed by atoms with Crippen LogP contribution in [0.15, 0.2) is 30.3 Å². The van der Waals surface area contributed by atoms with Gasteiger partial charge in [0.1, 0.15) is 6.10 Å². The molecule has 0 bridgehead atoms. The molecule has 0 aliphatic heterocycles. The summed E-state index contributed by atoms with van der Waals surface area (Å²) < 4.78 is 22.8. The maximum absolute atomic E-state index is 12.1. The molecule has 0 fully saturated rings. The Morgan fingerprint density at radius 1 is 1.29 bits per heavy atom. The van der Waals surface area contributed by atoms with Crippen LogP contribution in [-0.4, -0.2) is 22.9 Å². The van der Waals surface area contributed by atoms with Crippen molar-refractivity contribution in [3.63, 3.8) is 0 Å². The lowest BCUT2D eigenvalue weighted by atomic mass is 10.1. The van der Waals surface area contributed by atoms with Crippen molar-refractivity contribution in [2.75, 3.05) is 5.75 Å². The summed E-state index contributed by atoms with van der Waals surface area (Å²) in [5.74, 6) is -0.00398. The van der Waals surface area contributed by atoms with Crippen LogP contribution in [0.3, 0.4) is 0 Å². The van der Waals surface area contributed by atoms with Crippen LogP contribution >= 0.6 is 15.9 Å². The minimum Gasteiger partial charge on any atom is -0.386 e. The molecule has 2 atom stereocenters. The van der Waals surface area contributed by atoms with Crippen LogP contribution < -0.4 is 0 Å². The largest absolute Gasteiger partial charge is 0.386 e. The second kappa shape index (κ2) is 5.50. The fourth-order valence-corrected chi connectivity index (χ4v) is 4.05. The zero-order valence-electron chi connectivity index (χ0n) is 9.93. The van der Waals surface area contributed by atoms with Gasteiger partial charge in [-0.25, -0.2) is 8.42 Å². The van der Waals surface area contributed by atoms with Gasteiger partial charge in [0.2, 0.25) is 0 Å². The zero-order valence-corrected chi connectivity index (χ0v) is 12.3. The average molecular weight is 321 g/mol. The minimum absolute atomic E-state index is 0.00398. The van der Waals surface area contributed by atoms with E-state index in [4.69, 9.17) is 0 Å². The van der Waals surface area contributed by atoms with Crippen LogP contribution in [0.4, 0.5) is 0 Å². The Labute approximate surface area is 111 Å². The van der Waals surface area contributed by atoms with Gasteiger partial charge in [-0.2, -0.15) is 0 Å². The monoisotopic (exact) mass is 320 g/mol. The Kier molecular flexibility index (Phi) is 4.75. The van der Waals surface area contributed by atoms with Crippen molar-refractivity contribution in [1.29, 1.82) is 0 Å². The van der Waals surface area contributed by atoms with Crippen LogP contribution in [0.25, 0.3) is 0 Å². The zero-order chi connectivity index (χ0) is 13.1. The standard InChI is InChI=1S/C12H17BrO3S/c1-3-12(13,17(15,16)4-2)11(14)10-8-6-5-7-9-10/h5-9,11,14H,3-4H2,1-2H3. The van der Waals surface area contributed by atoms with Crippen LogP contribution in [0.5, 0.6) is 0 Å². The number of aliphatic hydroxyl groups is 1. The lowest BCUT2D eigenvalue weighted by Crippen LogP contribution is -2.39.